The van der Waals surface area contributed by atoms with E-state index in [0.29, 0.717) is 5.56 Å². The molecule has 6 heteroatoms. The molecular weight excluding hydrogens is 304 g/mol. The van der Waals surface area contributed by atoms with Gasteiger partial charge in [-0.2, -0.15) is 15.8 Å². The number of hydrogen-bond acceptors (Lipinski definition) is 5. The molecule has 1 N–H and O–H groups in total. The number of nitriles is 3. The maximum atomic E-state index is 12.8. The monoisotopic (exact) mass is 320 g/mol. The van der Waals surface area contributed by atoms with E-state index in [2.05, 4.69) is 5.32 Å². The molecule has 2 bridgehead atoms. The number of ether oxygens (including phenoxy) is 1. The first-order valence-corrected chi connectivity index (χ1v) is 7.55. The number of fused-ring (bicyclic) bond motifs is 2. The topological polar surface area (TPSA) is 110 Å². The van der Waals surface area contributed by atoms with Crippen molar-refractivity contribution in [3.63, 3.8) is 0 Å². The summed E-state index contributed by atoms with van der Waals surface area (Å²) in [6, 6.07) is 14.7. The summed E-state index contributed by atoms with van der Waals surface area (Å²) in [5, 5.41) is 32.6. The van der Waals surface area contributed by atoms with Crippen LogP contribution in [-0.4, -0.2) is 11.6 Å². The Morgan fingerprint density at radius 1 is 1.04 bits per heavy atom. The minimum atomic E-state index is -1.97. The normalized spacial score (nSPS) is 35.2. The number of rotatable bonds is 1. The Bertz CT molecular complexity index is 829. The van der Waals surface area contributed by atoms with E-state index < -0.39 is 34.0 Å². The fourth-order valence-electron chi connectivity index (χ4n) is 4.01. The molecule has 2 saturated heterocycles. The number of hydrogen-bond donors (Lipinski definition) is 1. The van der Waals surface area contributed by atoms with Gasteiger partial charge in [0.1, 0.15) is 11.8 Å². The number of nitrogens with zero attached hydrogens (tertiary/aromatic N) is 3. The summed E-state index contributed by atoms with van der Waals surface area (Å²) >= 11 is 0. The molecule has 0 spiro atoms. The Morgan fingerprint density at radius 3 is 2.12 bits per heavy atom. The molecule has 0 saturated carbocycles. The summed E-state index contributed by atoms with van der Waals surface area (Å²) in [6.45, 7) is 5.04. The van der Waals surface area contributed by atoms with Gasteiger partial charge in [-0.15, -0.1) is 0 Å². The van der Waals surface area contributed by atoms with Crippen molar-refractivity contribution in [2.24, 2.45) is 16.2 Å². The number of nitrogens with one attached hydrogen (secondary N) is 1. The maximum Gasteiger partial charge on any atom is 0.246 e. The molecule has 120 valence electrons. The molecule has 24 heavy (non-hydrogen) atoms. The first-order chi connectivity index (χ1) is 11.3. The zero-order valence-electron chi connectivity index (χ0n) is 13.6. The summed E-state index contributed by atoms with van der Waals surface area (Å²) in [5.41, 5.74) is -5.48. The van der Waals surface area contributed by atoms with Crippen LogP contribution >= 0.6 is 0 Å². The third-order valence-corrected chi connectivity index (χ3v) is 5.78. The quantitative estimate of drug-likeness (QED) is 0.852. The van der Waals surface area contributed by atoms with E-state index >= 15 is 0 Å². The van der Waals surface area contributed by atoms with Crippen LogP contribution in [0.15, 0.2) is 30.3 Å². The second-order valence-electron chi connectivity index (χ2n) is 6.91. The highest BCUT2D eigenvalue weighted by atomic mass is 16.5. The van der Waals surface area contributed by atoms with Crippen LogP contribution in [0.1, 0.15) is 32.4 Å². The fourth-order valence-corrected chi connectivity index (χ4v) is 4.01. The van der Waals surface area contributed by atoms with Crippen LogP contribution in [0.25, 0.3) is 0 Å². The standard InChI is InChI=1S/C18H16N4O2/c1-15(2)16(3)22-14(23)18(15,11-21)17(9-19,10-20)13(24-16)12-7-5-4-6-8-12/h4-8,13H,1-3H3,(H,22,23)/t13-,16+,18+/m0/s1. The predicted octanol–water partition coefficient (Wildman–Crippen LogP) is 2.17. The van der Waals surface area contributed by atoms with Gasteiger partial charge in [0.2, 0.25) is 11.3 Å². The van der Waals surface area contributed by atoms with E-state index in [1.165, 1.54) is 0 Å². The van der Waals surface area contributed by atoms with Gasteiger partial charge in [0.15, 0.2) is 5.41 Å². The molecule has 0 radical (unpaired) electrons. The van der Waals surface area contributed by atoms with Crippen LogP contribution < -0.4 is 5.32 Å². The van der Waals surface area contributed by atoms with Gasteiger partial charge in [-0.05, 0) is 12.5 Å². The molecule has 2 fully saturated rings. The van der Waals surface area contributed by atoms with E-state index in [9.17, 15) is 20.6 Å². The lowest BCUT2D eigenvalue weighted by atomic mass is 9.48. The Morgan fingerprint density at radius 2 is 1.62 bits per heavy atom. The highest BCUT2D eigenvalue weighted by molar-refractivity contribution is 5.93. The molecule has 2 aliphatic rings. The average Bonchev–Trinajstić information content (AvgIpc) is 2.67. The van der Waals surface area contributed by atoms with Crippen LogP contribution in [0.5, 0.6) is 0 Å². The molecule has 3 atom stereocenters. The zero-order valence-corrected chi connectivity index (χ0v) is 13.6. The van der Waals surface area contributed by atoms with Crippen molar-refractivity contribution in [3.05, 3.63) is 35.9 Å². The van der Waals surface area contributed by atoms with Gasteiger partial charge in [0.05, 0.1) is 18.2 Å². The highest BCUT2D eigenvalue weighted by Gasteiger charge is 2.82. The molecule has 1 aromatic carbocycles. The summed E-state index contributed by atoms with van der Waals surface area (Å²) in [4.78, 5) is 12.8. The number of carbonyl (C=O) groups excluding carboxylic acids is 1. The van der Waals surface area contributed by atoms with Crippen molar-refractivity contribution in [2.75, 3.05) is 0 Å². The summed E-state index contributed by atoms with van der Waals surface area (Å²) in [7, 11) is 0. The van der Waals surface area contributed by atoms with Crippen LogP contribution in [0.2, 0.25) is 0 Å². The van der Waals surface area contributed by atoms with Crippen LogP contribution in [0.4, 0.5) is 0 Å². The first kappa shape index (κ1) is 16.0. The lowest BCUT2D eigenvalue weighted by molar-refractivity contribution is -0.240. The first-order valence-electron chi connectivity index (χ1n) is 7.55. The summed E-state index contributed by atoms with van der Waals surface area (Å²) < 4.78 is 6.13. The van der Waals surface area contributed by atoms with E-state index in [1.807, 2.05) is 18.2 Å². The molecule has 0 aliphatic carbocycles. The fraction of sp³-hybridized carbons (Fsp3) is 0.444. The van der Waals surface area contributed by atoms with E-state index in [0.717, 1.165) is 0 Å². The van der Waals surface area contributed by atoms with Crippen LogP contribution in [0.3, 0.4) is 0 Å². The van der Waals surface area contributed by atoms with Gasteiger partial charge in [-0.1, -0.05) is 44.2 Å². The van der Waals surface area contributed by atoms with Gasteiger partial charge in [-0.3, -0.25) is 4.79 Å². The average molecular weight is 320 g/mol. The second-order valence-corrected chi connectivity index (χ2v) is 6.91. The van der Waals surface area contributed by atoms with Crippen molar-refractivity contribution >= 4 is 5.91 Å². The lowest BCUT2D eigenvalue weighted by Gasteiger charge is -2.54. The Hall–Kier alpha value is -2.88. The molecule has 6 nitrogen and oxygen atoms in total. The number of benzene rings is 1. The lowest BCUT2D eigenvalue weighted by Crippen LogP contribution is -2.64. The second kappa shape index (κ2) is 4.57. The number of carbonyl (C=O) groups is 1. The zero-order chi connectivity index (χ0) is 17.8. The molecule has 0 unspecified atom stereocenters. The van der Waals surface area contributed by atoms with Crippen LogP contribution in [-0.2, 0) is 9.53 Å². The van der Waals surface area contributed by atoms with Crippen molar-refractivity contribution in [1.29, 1.82) is 15.8 Å². The molecular formula is C18H16N4O2. The third kappa shape index (κ3) is 1.39. The smallest absolute Gasteiger partial charge is 0.246 e. The summed E-state index contributed by atoms with van der Waals surface area (Å²) in [6.07, 6.45) is -1.02. The Kier molecular flexibility index (Phi) is 3.05. The summed E-state index contributed by atoms with van der Waals surface area (Å²) in [5.74, 6) is -0.640. The van der Waals surface area contributed by atoms with Gasteiger partial charge in [0, 0.05) is 5.41 Å². The minimum absolute atomic E-state index is 0.582. The van der Waals surface area contributed by atoms with Gasteiger partial charge in [-0.25, -0.2) is 0 Å². The van der Waals surface area contributed by atoms with E-state index in [-0.39, 0.29) is 0 Å². The van der Waals surface area contributed by atoms with Crippen molar-refractivity contribution in [2.45, 2.75) is 32.6 Å². The van der Waals surface area contributed by atoms with E-state index in [1.54, 1.807) is 51.1 Å². The SMILES string of the molecule is CC1(C)[C@@]2(C#N)C(=O)N[C@]1(C)O[C@@H](c1ccccc1)C2(C#N)C#N. The van der Waals surface area contributed by atoms with Crippen molar-refractivity contribution < 1.29 is 9.53 Å². The molecule has 0 aromatic heterocycles. The Labute approximate surface area is 140 Å². The molecule has 2 heterocycles. The van der Waals surface area contributed by atoms with Crippen molar-refractivity contribution in [3.8, 4) is 18.2 Å². The molecule has 3 rings (SSSR count). The van der Waals surface area contributed by atoms with Gasteiger partial charge in [0.25, 0.3) is 0 Å². The van der Waals surface area contributed by atoms with Gasteiger partial charge >= 0.3 is 0 Å². The molecule has 1 aromatic rings. The third-order valence-electron chi connectivity index (χ3n) is 5.78. The van der Waals surface area contributed by atoms with E-state index in [4.69, 9.17) is 4.74 Å². The van der Waals surface area contributed by atoms with Crippen LogP contribution in [0, 0.1) is 50.2 Å². The molecule has 1 amide bonds. The maximum absolute atomic E-state index is 12.8. The highest BCUT2D eigenvalue weighted by Crippen LogP contribution is 2.69. The van der Waals surface area contributed by atoms with Crippen molar-refractivity contribution in [1.82, 2.24) is 5.32 Å². The minimum Gasteiger partial charge on any atom is -0.345 e. The Balaban J connectivity index is 2.39. The molecule has 2 aliphatic heterocycles. The predicted molar refractivity (Wildman–Crippen MR) is 82.3 cm³/mol. The largest absolute Gasteiger partial charge is 0.345 e. The number of amides is 1. The van der Waals surface area contributed by atoms with Gasteiger partial charge < -0.3 is 10.1 Å².